The summed E-state index contributed by atoms with van der Waals surface area (Å²) in [6, 6.07) is 19.1. The van der Waals surface area contributed by atoms with Crippen LogP contribution in [0.1, 0.15) is 53.9 Å². The van der Waals surface area contributed by atoms with Gasteiger partial charge < -0.3 is 19.0 Å². The first kappa shape index (κ1) is 31.3. The number of aliphatic hydroxyl groups is 1. The third kappa shape index (κ3) is 6.35. The second-order valence-electron chi connectivity index (χ2n) is 10.6. The molecule has 46 heavy (non-hydrogen) atoms. The molecule has 1 amide bonds. The summed E-state index contributed by atoms with van der Waals surface area (Å²) in [5, 5.41) is 20.6. The molecule has 0 saturated heterocycles. The standard InChI is InChI=1S/C34H30FN3O6S2/c1-3-4-5-16-43-24-10-6-8-21(17-24)28-27(29(39)26-18-22-9-7-11-25(42-2)31(22)44-26)30(40)32(41)38(28)33-36-37-34(46-33)45-19-20-12-14-23(35)15-13-20/h6-15,17-18,28,40H,3-5,16,19H2,1-2H3. The summed E-state index contributed by atoms with van der Waals surface area (Å²) < 4.78 is 31.2. The van der Waals surface area contributed by atoms with E-state index in [1.54, 1.807) is 54.6 Å². The Bertz CT molecular complexity index is 1920. The molecular formula is C34H30FN3O6S2. The molecule has 2 aromatic heterocycles. The van der Waals surface area contributed by atoms with Gasteiger partial charge in [-0.1, -0.05) is 79.3 Å². The van der Waals surface area contributed by atoms with Crippen LogP contribution < -0.4 is 14.4 Å². The molecule has 236 valence electrons. The Kier molecular flexibility index (Phi) is 9.36. The van der Waals surface area contributed by atoms with Crippen LogP contribution in [0.3, 0.4) is 0 Å². The maximum Gasteiger partial charge on any atom is 0.296 e. The van der Waals surface area contributed by atoms with Crippen LogP contribution in [-0.4, -0.2) is 40.7 Å². The lowest BCUT2D eigenvalue weighted by Gasteiger charge is -2.24. The third-order valence-corrected chi connectivity index (χ3v) is 9.60. The molecule has 12 heteroatoms. The molecule has 5 aromatic rings. The fraction of sp³-hybridized carbons (Fsp3) is 0.235. The first-order valence-electron chi connectivity index (χ1n) is 14.7. The van der Waals surface area contributed by atoms with Gasteiger partial charge in [0.1, 0.15) is 11.6 Å². The second-order valence-corrected chi connectivity index (χ2v) is 12.7. The van der Waals surface area contributed by atoms with Crippen molar-refractivity contribution in [2.75, 3.05) is 18.6 Å². The minimum atomic E-state index is -1.04. The van der Waals surface area contributed by atoms with Crippen LogP contribution in [0.2, 0.25) is 0 Å². The Balaban J connectivity index is 1.36. The number of para-hydroxylation sites is 1. The van der Waals surface area contributed by atoms with Crippen molar-refractivity contribution >= 4 is 50.9 Å². The van der Waals surface area contributed by atoms with Crippen molar-refractivity contribution in [3.63, 3.8) is 0 Å². The number of carbonyl (C=O) groups excluding carboxylic acids is 2. The third-order valence-electron chi connectivity index (χ3n) is 7.47. The number of halogens is 1. The van der Waals surface area contributed by atoms with E-state index < -0.39 is 23.5 Å². The Hall–Kier alpha value is -4.68. The van der Waals surface area contributed by atoms with Crippen molar-refractivity contribution in [3.8, 4) is 11.5 Å². The van der Waals surface area contributed by atoms with Crippen LogP contribution in [-0.2, 0) is 10.5 Å². The van der Waals surface area contributed by atoms with Gasteiger partial charge in [-0.3, -0.25) is 14.5 Å². The van der Waals surface area contributed by atoms with Crippen molar-refractivity contribution < 1.29 is 33.0 Å². The van der Waals surface area contributed by atoms with Gasteiger partial charge in [0.2, 0.25) is 10.9 Å². The summed E-state index contributed by atoms with van der Waals surface area (Å²) >= 11 is 2.53. The molecule has 1 unspecified atom stereocenters. The highest BCUT2D eigenvalue weighted by molar-refractivity contribution is 8.00. The largest absolute Gasteiger partial charge is 0.503 e. The molecule has 0 fully saturated rings. The first-order valence-corrected chi connectivity index (χ1v) is 16.5. The first-order chi connectivity index (χ1) is 22.4. The number of benzene rings is 3. The average molecular weight is 660 g/mol. The van der Waals surface area contributed by atoms with Gasteiger partial charge in [0, 0.05) is 11.1 Å². The number of nitrogens with zero attached hydrogens (tertiary/aromatic N) is 3. The number of fused-ring (bicyclic) bond motifs is 1. The molecule has 1 N–H and O–H groups in total. The van der Waals surface area contributed by atoms with E-state index in [-0.39, 0.29) is 22.3 Å². The number of furan rings is 1. The topological polar surface area (TPSA) is 115 Å². The predicted molar refractivity (Wildman–Crippen MR) is 174 cm³/mol. The highest BCUT2D eigenvalue weighted by Crippen LogP contribution is 2.45. The molecule has 0 aliphatic carbocycles. The normalized spacial score (nSPS) is 14.8. The lowest BCUT2D eigenvalue weighted by atomic mass is 9.95. The molecule has 1 aliphatic heterocycles. The summed E-state index contributed by atoms with van der Waals surface area (Å²) in [6.45, 7) is 2.63. The molecular weight excluding hydrogens is 630 g/mol. The number of ketones is 1. The number of hydrogen-bond acceptors (Lipinski definition) is 10. The summed E-state index contributed by atoms with van der Waals surface area (Å²) in [7, 11) is 1.50. The van der Waals surface area contributed by atoms with E-state index in [2.05, 4.69) is 17.1 Å². The molecule has 0 bridgehead atoms. The highest BCUT2D eigenvalue weighted by Gasteiger charge is 2.47. The van der Waals surface area contributed by atoms with Gasteiger partial charge in [-0.05, 0) is 53.9 Å². The van der Waals surface area contributed by atoms with E-state index in [0.717, 1.165) is 36.2 Å². The summed E-state index contributed by atoms with van der Waals surface area (Å²) in [6.07, 6.45) is 2.97. The number of aromatic nitrogens is 2. The number of thioether (sulfide) groups is 1. The van der Waals surface area contributed by atoms with Crippen LogP contribution in [0.4, 0.5) is 9.52 Å². The van der Waals surface area contributed by atoms with Gasteiger partial charge >= 0.3 is 0 Å². The van der Waals surface area contributed by atoms with Crippen LogP contribution >= 0.6 is 23.1 Å². The Morgan fingerprint density at radius 3 is 2.67 bits per heavy atom. The Morgan fingerprint density at radius 1 is 1.09 bits per heavy atom. The Morgan fingerprint density at radius 2 is 1.89 bits per heavy atom. The smallest absolute Gasteiger partial charge is 0.296 e. The van der Waals surface area contributed by atoms with Crippen LogP contribution in [0, 0.1) is 5.82 Å². The quantitative estimate of drug-likeness (QED) is 0.0580. The number of unbranched alkanes of at least 4 members (excludes halogenated alkanes) is 2. The van der Waals surface area contributed by atoms with Gasteiger partial charge in [0.15, 0.2) is 27.2 Å². The number of methoxy groups -OCH3 is 1. The lowest BCUT2D eigenvalue weighted by Crippen LogP contribution is -2.31. The van der Waals surface area contributed by atoms with Crippen molar-refractivity contribution in [3.05, 3.63) is 107 Å². The van der Waals surface area contributed by atoms with Crippen molar-refractivity contribution in [1.29, 1.82) is 0 Å². The van der Waals surface area contributed by atoms with Crippen molar-refractivity contribution in [1.82, 2.24) is 10.2 Å². The second kappa shape index (κ2) is 13.8. The molecule has 3 heterocycles. The fourth-order valence-corrected chi connectivity index (χ4v) is 7.02. The number of carbonyl (C=O) groups is 2. The SMILES string of the molecule is CCCCCOc1cccc(C2C(C(=O)c3cc4cccc(OC)c4o3)=C(O)C(=O)N2c2nnc(SCc3ccc(F)cc3)s2)c1. The van der Waals surface area contributed by atoms with Crippen LogP contribution in [0.25, 0.3) is 11.0 Å². The number of ether oxygens (including phenoxy) is 2. The number of rotatable bonds is 13. The van der Waals surface area contributed by atoms with E-state index in [1.807, 2.05) is 6.07 Å². The fourth-order valence-electron chi connectivity index (χ4n) is 5.19. The molecule has 0 spiro atoms. The molecule has 1 atom stereocenters. The van der Waals surface area contributed by atoms with Crippen LogP contribution in [0.15, 0.2) is 92.9 Å². The van der Waals surface area contributed by atoms with E-state index in [1.165, 1.54) is 35.9 Å². The summed E-state index contributed by atoms with van der Waals surface area (Å²) in [4.78, 5) is 29.1. The maximum atomic E-state index is 14.1. The summed E-state index contributed by atoms with van der Waals surface area (Å²) in [5.74, 6) is -0.993. The molecule has 0 saturated carbocycles. The average Bonchev–Trinajstić information content (AvgIpc) is 3.79. The van der Waals surface area contributed by atoms with E-state index >= 15 is 0 Å². The van der Waals surface area contributed by atoms with Gasteiger partial charge in [-0.25, -0.2) is 4.39 Å². The highest BCUT2D eigenvalue weighted by atomic mass is 32.2. The van der Waals surface area contributed by atoms with Gasteiger partial charge in [0.25, 0.3) is 5.91 Å². The zero-order valence-corrected chi connectivity index (χ0v) is 26.7. The Labute approximate surface area is 272 Å². The maximum absolute atomic E-state index is 14.1. The lowest BCUT2D eigenvalue weighted by molar-refractivity contribution is -0.117. The molecule has 6 rings (SSSR count). The summed E-state index contributed by atoms with van der Waals surface area (Å²) in [5.41, 5.74) is 1.66. The number of hydrogen-bond donors (Lipinski definition) is 1. The van der Waals surface area contributed by atoms with Crippen LogP contribution in [0.5, 0.6) is 11.5 Å². The predicted octanol–water partition coefficient (Wildman–Crippen LogP) is 8.08. The molecule has 1 aliphatic rings. The number of aliphatic hydroxyl groups excluding tert-OH is 1. The van der Waals surface area contributed by atoms with E-state index in [0.29, 0.717) is 44.7 Å². The number of anilines is 1. The minimum absolute atomic E-state index is 0.0551. The van der Waals surface area contributed by atoms with Crippen molar-refractivity contribution in [2.45, 2.75) is 42.3 Å². The number of amides is 1. The number of Topliss-reactive ketones (excluding diaryl/α,β-unsaturated/α-hetero) is 1. The molecule has 9 nitrogen and oxygen atoms in total. The van der Waals surface area contributed by atoms with Gasteiger partial charge in [-0.15, -0.1) is 10.2 Å². The monoisotopic (exact) mass is 659 g/mol. The van der Waals surface area contributed by atoms with Gasteiger partial charge in [-0.2, -0.15) is 0 Å². The molecule has 3 aromatic carbocycles. The van der Waals surface area contributed by atoms with E-state index in [4.69, 9.17) is 13.9 Å². The zero-order chi connectivity index (χ0) is 32.2. The molecule has 0 radical (unpaired) electrons. The minimum Gasteiger partial charge on any atom is -0.503 e. The zero-order valence-electron chi connectivity index (χ0n) is 25.1. The van der Waals surface area contributed by atoms with Gasteiger partial charge in [0.05, 0.1) is 25.3 Å². The van der Waals surface area contributed by atoms with E-state index in [9.17, 15) is 19.1 Å². The van der Waals surface area contributed by atoms with Crippen molar-refractivity contribution in [2.24, 2.45) is 0 Å².